The number of rotatable bonds is 8. The van der Waals surface area contributed by atoms with Crippen molar-refractivity contribution in [1.82, 2.24) is 5.32 Å². The lowest BCUT2D eigenvalue weighted by Gasteiger charge is -2.16. The second-order valence-corrected chi connectivity index (χ2v) is 7.70. The van der Waals surface area contributed by atoms with Crippen LogP contribution in [0, 0.1) is 13.8 Å². The third kappa shape index (κ3) is 5.11. The molecule has 2 aromatic rings. The normalized spacial score (nSPS) is 12.0. The number of primary amides is 1. The van der Waals surface area contributed by atoms with E-state index in [0.29, 0.717) is 23.1 Å². The Labute approximate surface area is 157 Å². The van der Waals surface area contributed by atoms with Gasteiger partial charge in [-0.25, -0.2) is 0 Å². The largest absolute Gasteiger partial charge is 0.493 e. The first kappa shape index (κ1) is 19.6. The van der Waals surface area contributed by atoms with E-state index in [1.807, 2.05) is 6.07 Å². The first-order valence-electron chi connectivity index (χ1n) is 7.89. The Balaban J connectivity index is 2.10. The number of nitrogens with one attached hydrogen (secondary N) is 1. The molecule has 0 aliphatic rings. The summed E-state index contributed by atoms with van der Waals surface area (Å²) in [7, 11) is 1.53. The first-order chi connectivity index (χ1) is 11.8. The number of ether oxygens (including phenoxy) is 2. The molecule has 136 valence electrons. The first-order valence-corrected chi connectivity index (χ1v) is 9.09. The van der Waals surface area contributed by atoms with Crippen molar-refractivity contribution in [3.8, 4) is 11.5 Å². The topological polar surface area (TPSA) is 73.6 Å². The van der Waals surface area contributed by atoms with Crippen molar-refractivity contribution in [3.63, 3.8) is 0 Å². The smallest absolute Gasteiger partial charge is 0.255 e. The van der Waals surface area contributed by atoms with Crippen molar-refractivity contribution >= 4 is 28.8 Å². The van der Waals surface area contributed by atoms with E-state index in [0.717, 1.165) is 5.56 Å². The maximum absolute atomic E-state index is 10.9. The quantitative estimate of drug-likeness (QED) is 0.729. The summed E-state index contributed by atoms with van der Waals surface area (Å²) in [5.74, 6) is 0.226. The molecule has 0 aliphatic heterocycles. The number of hydrogen-bond acceptors (Lipinski definition) is 5. The molecule has 0 saturated carbocycles. The maximum atomic E-state index is 10.9. The molecule has 5 nitrogen and oxygen atoms in total. The molecule has 0 spiro atoms. The molecule has 1 aromatic heterocycles. The van der Waals surface area contributed by atoms with Gasteiger partial charge in [-0.05, 0) is 50.1 Å². The maximum Gasteiger partial charge on any atom is 0.255 e. The van der Waals surface area contributed by atoms with Gasteiger partial charge in [-0.15, -0.1) is 11.3 Å². The van der Waals surface area contributed by atoms with Crippen molar-refractivity contribution < 1.29 is 14.3 Å². The van der Waals surface area contributed by atoms with Crippen LogP contribution in [-0.4, -0.2) is 19.6 Å². The molecule has 1 aromatic carbocycles. The van der Waals surface area contributed by atoms with Gasteiger partial charge in [0.1, 0.15) is 0 Å². The number of carbonyl (C=O) groups excluding carboxylic acids is 1. The molecule has 3 N–H and O–H groups in total. The van der Waals surface area contributed by atoms with E-state index in [1.165, 1.54) is 22.4 Å². The summed E-state index contributed by atoms with van der Waals surface area (Å²) in [6.45, 7) is 6.76. The number of hydrogen-bond donors (Lipinski definition) is 2. The molecule has 0 fully saturated rings. The number of aryl methyl sites for hydroxylation is 2. The van der Waals surface area contributed by atoms with Crippen molar-refractivity contribution in [3.05, 3.63) is 44.1 Å². The predicted molar refractivity (Wildman–Crippen MR) is 102 cm³/mol. The molecule has 2 rings (SSSR count). The monoisotopic (exact) mass is 382 g/mol. The molecule has 0 bridgehead atoms. The summed E-state index contributed by atoms with van der Waals surface area (Å²) in [4.78, 5) is 13.5. The van der Waals surface area contributed by atoms with Gasteiger partial charge in [0.05, 0.1) is 12.1 Å². The number of carbonyl (C=O) groups is 1. The van der Waals surface area contributed by atoms with Crippen LogP contribution in [0.1, 0.15) is 33.8 Å². The van der Waals surface area contributed by atoms with Crippen LogP contribution in [0.4, 0.5) is 0 Å². The van der Waals surface area contributed by atoms with Crippen LogP contribution in [0.5, 0.6) is 11.5 Å². The van der Waals surface area contributed by atoms with E-state index in [2.05, 4.69) is 32.2 Å². The third-order valence-corrected chi connectivity index (χ3v) is 5.07. The zero-order chi connectivity index (χ0) is 18.6. The average Bonchev–Trinajstić information content (AvgIpc) is 2.89. The number of thiophene rings is 1. The van der Waals surface area contributed by atoms with Gasteiger partial charge in [-0.2, -0.15) is 0 Å². The highest BCUT2D eigenvalue weighted by molar-refractivity contribution is 7.12. The molecule has 25 heavy (non-hydrogen) atoms. The van der Waals surface area contributed by atoms with Crippen LogP contribution in [0.25, 0.3) is 0 Å². The van der Waals surface area contributed by atoms with E-state index in [4.69, 9.17) is 26.8 Å². The Morgan fingerprint density at radius 1 is 1.36 bits per heavy atom. The van der Waals surface area contributed by atoms with Gasteiger partial charge in [0, 0.05) is 22.3 Å². The molecule has 1 heterocycles. The van der Waals surface area contributed by atoms with Crippen LogP contribution in [0.3, 0.4) is 0 Å². The lowest BCUT2D eigenvalue weighted by atomic mass is 10.1. The van der Waals surface area contributed by atoms with Gasteiger partial charge < -0.3 is 20.5 Å². The molecule has 1 atom stereocenters. The minimum atomic E-state index is -0.570. The van der Waals surface area contributed by atoms with Crippen molar-refractivity contribution in [1.29, 1.82) is 0 Å². The van der Waals surface area contributed by atoms with Crippen LogP contribution in [0.2, 0.25) is 5.02 Å². The Bertz CT molecular complexity index is 761. The molecule has 7 heteroatoms. The van der Waals surface area contributed by atoms with Gasteiger partial charge in [0.15, 0.2) is 18.1 Å². The summed E-state index contributed by atoms with van der Waals surface area (Å²) in [6, 6.07) is 6.08. The van der Waals surface area contributed by atoms with E-state index in [9.17, 15) is 4.79 Å². The van der Waals surface area contributed by atoms with E-state index in [-0.39, 0.29) is 12.6 Å². The second kappa shape index (κ2) is 8.56. The van der Waals surface area contributed by atoms with Crippen molar-refractivity contribution in [2.45, 2.75) is 33.4 Å². The number of halogens is 1. The van der Waals surface area contributed by atoms with Crippen LogP contribution in [0.15, 0.2) is 18.2 Å². The molecular formula is C18H23ClN2O3S. The zero-order valence-corrected chi connectivity index (χ0v) is 16.4. The van der Waals surface area contributed by atoms with Crippen molar-refractivity contribution in [2.24, 2.45) is 5.73 Å². The van der Waals surface area contributed by atoms with E-state index >= 15 is 0 Å². The molecule has 0 saturated heterocycles. The highest BCUT2D eigenvalue weighted by atomic mass is 35.5. The fraction of sp³-hybridized carbons (Fsp3) is 0.389. The van der Waals surface area contributed by atoms with E-state index in [1.54, 1.807) is 17.4 Å². The van der Waals surface area contributed by atoms with Crippen molar-refractivity contribution in [2.75, 3.05) is 13.7 Å². The Morgan fingerprint density at radius 2 is 2.08 bits per heavy atom. The molecule has 1 amide bonds. The zero-order valence-electron chi connectivity index (χ0n) is 14.8. The predicted octanol–water partition coefficient (Wildman–Crippen LogP) is 3.74. The fourth-order valence-corrected chi connectivity index (χ4v) is 3.93. The number of amides is 1. The van der Waals surface area contributed by atoms with Crippen LogP contribution < -0.4 is 20.5 Å². The number of nitrogens with two attached hydrogens (primary N) is 1. The average molecular weight is 383 g/mol. The third-order valence-electron chi connectivity index (χ3n) is 3.81. The summed E-state index contributed by atoms with van der Waals surface area (Å²) in [6.07, 6.45) is 0. The molecular weight excluding hydrogens is 360 g/mol. The van der Waals surface area contributed by atoms with E-state index < -0.39 is 5.91 Å². The highest BCUT2D eigenvalue weighted by Crippen LogP contribution is 2.36. The van der Waals surface area contributed by atoms with Gasteiger partial charge in [-0.3, -0.25) is 4.79 Å². The SMILES string of the molecule is COc1cc(CNC(C)c2cc(C)sc2C)cc(Cl)c1OCC(N)=O. The molecule has 1 unspecified atom stereocenters. The fourth-order valence-electron chi connectivity index (χ4n) is 2.62. The summed E-state index contributed by atoms with van der Waals surface area (Å²) >= 11 is 8.08. The van der Waals surface area contributed by atoms with Crippen LogP contribution >= 0.6 is 22.9 Å². The van der Waals surface area contributed by atoms with Gasteiger partial charge in [0.2, 0.25) is 0 Å². The minimum Gasteiger partial charge on any atom is -0.493 e. The highest BCUT2D eigenvalue weighted by Gasteiger charge is 2.15. The minimum absolute atomic E-state index is 0.223. The Kier molecular flexibility index (Phi) is 6.70. The number of benzene rings is 1. The van der Waals surface area contributed by atoms with Gasteiger partial charge >= 0.3 is 0 Å². The summed E-state index contributed by atoms with van der Waals surface area (Å²) in [5, 5.41) is 3.88. The van der Waals surface area contributed by atoms with Gasteiger partial charge in [-0.1, -0.05) is 11.6 Å². The standard InChI is InChI=1S/C18H23ClN2O3S/c1-10-5-14(12(3)25-10)11(2)21-8-13-6-15(19)18(16(7-13)23-4)24-9-17(20)22/h5-7,11,21H,8-9H2,1-4H3,(H2,20,22). The Hall–Kier alpha value is -1.76. The molecule has 0 aliphatic carbocycles. The molecule has 0 radical (unpaired) electrons. The lowest BCUT2D eigenvalue weighted by molar-refractivity contribution is -0.119. The number of methoxy groups -OCH3 is 1. The van der Waals surface area contributed by atoms with Gasteiger partial charge in [0.25, 0.3) is 5.91 Å². The lowest BCUT2D eigenvalue weighted by Crippen LogP contribution is -2.20. The summed E-state index contributed by atoms with van der Waals surface area (Å²) in [5.41, 5.74) is 7.38. The summed E-state index contributed by atoms with van der Waals surface area (Å²) < 4.78 is 10.7. The second-order valence-electron chi connectivity index (χ2n) is 5.84. The Morgan fingerprint density at radius 3 is 2.64 bits per heavy atom. The van der Waals surface area contributed by atoms with Crippen LogP contribution in [-0.2, 0) is 11.3 Å².